The predicted molar refractivity (Wildman–Crippen MR) is 130 cm³/mol. The number of hydrogen-bond donors (Lipinski definition) is 0. The predicted octanol–water partition coefficient (Wildman–Crippen LogP) is 4.73. The van der Waals surface area contributed by atoms with Crippen LogP contribution in [0.3, 0.4) is 0 Å². The molecule has 0 radical (unpaired) electrons. The average molecular weight is 477 g/mol. The first-order valence-electron chi connectivity index (χ1n) is 10.5. The molecule has 0 atom stereocenters. The van der Waals surface area contributed by atoms with Gasteiger partial charge < -0.3 is 9.47 Å². The molecule has 0 saturated heterocycles. The average Bonchev–Trinajstić information content (AvgIpc) is 2.84. The SMILES string of the molecule is CCOc1ccc(/C=C(\C#N)C(=O)N(c2ccccc2)S(=O)(=O)c2ccc(C)cc2)cc1OC. The van der Waals surface area contributed by atoms with Gasteiger partial charge in [-0.15, -0.1) is 0 Å². The van der Waals surface area contributed by atoms with E-state index in [9.17, 15) is 18.5 Å². The number of hydrogen-bond acceptors (Lipinski definition) is 6. The Morgan fingerprint density at radius 2 is 1.71 bits per heavy atom. The highest BCUT2D eigenvalue weighted by Gasteiger charge is 2.33. The van der Waals surface area contributed by atoms with Crippen LogP contribution in [0.2, 0.25) is 0 Å². The largest absolute Gasteiger partial charge is 0.493 e. The molecule has 3 rings (SSSR count). The fourth-order valence-electron chi connectivity index (χ4n) is 3.21. The monoisotopic (exact) mass is 476 g/mol. The van der Waals surface area contributed by atoms with Crippen molar-refractivity contribution in [1.82, 2.24) is 0 Å². The number of nitriles is 1. The van der Waals surface area contributed by atoms with Gasteiger partial charge in [-0.1, -0.05) is 42.0 Å². The number of benzene rings is 3. The van der Waals surface area contributed by atoms with Crippen LogP contribution in [-0.4, -0.2) is 28.0 Å². The third kappa shape index (κ3) is 5.27. The van der Waals surface area contributed by atoms with E-state index in [4.69, 9.17) is 9.47 Å². The normalized spacial score (nSPS) is 11.4. The van der Waals surface area contributed by atoms with E-state index in [0.717, 1.165) is 5.56 Å². The van der Waals surface area contributed by atoms with Gasteiger partial charge in [0.2, 0.25) is 0 Å². The van der Waals surface area contributed by atoms with Gasteiger partial charge in [-0.2, -0.15) is 9.57 Å². The van der Waals surface area contributed by atoms with Crippen LogP contribution >= 0.6 is 0 Å². The van der Waals surface area contributed by atoms with Crippen LogP contribution in [0.15, 0.2) is 83.3 Å². The second-order valence-corrected chi connectivity index (χ2v) is 9.02. The summed E-state index contributed by atoms with van der Waals surface area (Å²) in [5.74, 6) is -0.0329. The number of carbonyl (C=O) groups excluding carboxylic acids is 1. The number of para-hydroxylation sites is 1. The number of ether oxygens (including phenoxy) is 2. The fourth-order valence-corrected chi connectivity index (χ4v) is 4.62. The maximum Gasteiger partial charge on any atom is 0.282 e. The van der Waals surface area contributed by atoms with Crippen molar-refractivity contribution in [1.29, 1.82) is 5.26 Å². The van der Waals surface area contributed by atoms with Crippen molar-refractivity contribution in [2.24, 2.45) is 0 Å². The first-order valence-corrected chi connectivity index (χ1v) is 11.9. The lowest BCUT2D eigenvalue weighted by molar-refractivity contribution is -0.113. The van der Waals surface area contributed by atoms with E-state index >= 15 is 0 Å². The fraction of sp³-hybridized carbons (Fsp3) is 0.154. The number of methoxy groups -OCH3 is 1. The zero-order valence-corrected chi connectivity index (χ0v) is 19.9. The maximum atomic E-state index is 13.5. The Hall–Kier alpha value is -4.09. The summed E-state index contributed by atoms with van der Waals surface area (Å²) in [5, 5.41) is 9.78. The van der Waals surface area contributed by atoms with Gasteiger partial charge in [0.05, 0.1) is 24.3 Å². The third-order valence-corrected chi connectivity index (χ3v) is 6.61. The van der Waals surface area contributed by atoms with Crippen molar-refractivity contribution in [2.45, 2.75) is 18.7 Å². The van der Waals surface area contributed by atoms with Crippen LogP contribution < -0.4 is 13.8 Å². The summed E-state index contributed by atoms with van der Waals surface area (Å²) in [4.78, 5) is 13.4. The van der Waals surface area contributed by atoms with Crippen molar-refractivity contribution in [3.8, 4) is 17.6 Å². The summed E-state index contributed by atoms with van der Waals surface area (Å²) < 4.78 is 38.5. The molecule has 1 amide bonds. The van der Waals surface area contributed by atoms with Crippen LogP contribution in [0.1, 0.15) is 18.1 Å². The van der Waals surface area contributed by atoms with E-state index in [1.807, 2.05) is 19.9 Å². The van der Waals surface area contributed by atoms with E-state index < -0.39 is 15.9 Å². The topological polar surface area (TPSA) is 96.7 Å². The Morgan fingerprint density at radius 3 is 2.29 bits per heavy atom. The van der Waals surface area contributed by atoms with E-state index in [-0.39, 0.29) is 16.2 Å². The van der Waals surface area contributed by atoms with Crippen molar-refractivity contribution in [2.75, 3.05) is 18.0 Å². The molecule has 0 aliphatic heterocycles. The minimum absolute atomic E-state index is 0.0599. The smallest absolute Gasteiger partial charge is 0.282 e. The van der Waals surface area contributed by atoms with E-state index in [2.05, 4.69) is 0 Å². The molecule has 3 aromatic rings. The zero-order valence-electron chi connectivity index (χ0n) is 19.1. The first kappa shape index (κ1) is 24.6. The summed E-state index contributed by atoms with van der Waals surface area (Å²) >= 11 is 0. The summed E-state index contributed by atoms with van der Waals surface area (Å²) in [6.07, 6.45) is 1.32. The van der Waals surface area contributed by atoms with Gasteiger partial charge in [0.15, 0.2) is 11.5 Å². The Labute approximate surface area is 199 Å². The highest BCUT2D eigenvalue weighted by molar-refractivity contribution is 7.93. The molecule has 0 bridgehead atoms. The number of sulfonamides is 1. The lowest BCUT2D eigenvalue weighted by atomic mass is 10.1. The van der Waals surface area contributed by atoms with Crippen LogP contribution in [-0.2, 0) is 14.8 Å². The number of carbonyl (C=O) groups is 1. The molecule has 0 heterocycles. The Morgan fingerprint density at radius 1 is 1.03 bits per heavy atom. The number of amides is 1. The molecule has 174 valence electrons. The van der Waals surface area contributed by atoms with Crippen LogP contribution in [0.25, 0.3) is 6.08 Å². The molecule has 7 nitrogen and oxygen atoms in total. The molecular formula is C26H24N2O5S. The summed E-state index contributed by atoms with van der Waals surface area (Å²) in [6.45, 7) is 4.11. The van der Waals surface area contributed by atoms with Gasteiger partial charge in [-0.05, 0) is 61.9 Å². The Balaban J connectivity index is 2.10. The van der Waals surface area contributed by atoms with Crippen molar-refractivity contribution < 1.29 is 22.7 Å². The summed E-state index contributed by atoms with van der Waals surface area (Å²) in [7, 11) is -2.82. The van der Waals surface area contributed by atoms with Gasteiger partial charge in [-0.25, -0.2) is 8.42 Å². The van der Waals surface area contributed by atoms with Gasteiger partial charge in [0, 0.05) is 0 Å². The molecule has 8 heteroatoms. The van der Waals surface area contributed by atoms with E-state index in [1.165, 1.54) is 37.5 Å². The summed E-state index contributed by atoms with van der Waals surface area (Å²) in [6, 6.07) is 20.9. The van der Waals surface area contributed by atoms with Crippen LogP contribution in [0.4, 0.5) is 5.69 Å². The highest BCUT2D eigenvalue weighted by atomic mass is 32.2. The van der Waals surface area contributed by atoms with Gasteiger partial charge in [0.1, 0.15) is 11.6 Å². The van der Waals surface area contributed by atoms with E-state index in [1.54, 1.807) is 48.5 Å². The highest BCUT2D eigenvalue weighted by Crippen LogP contribution is 2.30. The second kappa shape index (κ2) is 10.7. The molecule has 0 aromatic heterocycles. The Kier molecular flexibility index (Phi) is 7.71. The lowest BCUT2D eigenvalue weighted by Crippen LogP contribution is -2.37. The van der Waals surface area contributed by atoms with Crippen LogP contribution in [0, 0.1) is 18.3 Å². The van der Waals surface area contributed by atoms with Gasteiger partial charge >= 0.3 is 0 Å². The minimum Gasteiger partial charge on any atom is -0.493 e. The second-order valence-electron chi connectivity index (χ2n) is 7.24. The number of aryl methyl sites for hydroxylation is 1. The Bertz CT molecular complexity index is 1340. The van der Waals surface area contributed by atoms with Crippen molar-refractivity contribution in [3.63, 3.8) is 0 Å². The summed E-state index contributed by atoms with van der Waals surface area (Å²) in [5.41, 5.74) is 1.12. The number of anilines is 1. The van der Waals surface area contributed by atoms with Crippen molar-refractivity contribution in [3.05, 3.63) is 89.5 Å². The number of rotatable bonds is 8. The molecule has 0 unspecified atom stereocenters. The molecular weight excluding hydrogens is 452 g/mol. The molecule has 0 fully saturated rings. The minimum atomic E-state index is -4.30. The maximum absolute atomic E-state index is 13.5. The third-order valence-electron chi connectivity index (χ3n) is 4.88. The van der Waals surface area contributed by atoms with Crippen LogP contribution in [0.5, 0.6) is 11.5 Å². The molecule has 34 heavy (non-hydrogen) atoms. The van der Waals surface area contributed by atoms with Gasteiger partial charge in [0.25, 0.3) is 15.9 Å². The molecule has 0 saturated carbocycles. The zero-order chi connectivity index (χ0) is 24.7. The standard InChI is InChI=1S/C26H24N2O5S/c1-4-33-24-15-12-20(17-25(24)32-3)16-21(18-27)26(29)28(22-8-6-5-7-9-22)34(30,31)23-13-10-19(2)11-14-23/h5-17H,4H2,1-3H3/b21-16+. The quantitative estimate of drug-likeness (QED) is 0.344. The number of nitrogens with zero attached hydrogens (tertiary/aromatic N) is 2. The van der Waals surface area contributed by atoms with Gasteiger partial charge in [-0.3, -0.25) is 4.79 Å². The first-order chi connectivity index (χ1) is 16.3. The molecule has 0 spiro atoms. The molecule has 0 N–H and O–H groups in total. The molecule has 0 aliphatic rings. The van der Waals surface area contributed by atoms with Crippen molar-refractivity contribution >= 4 is 27.7 Å². The van der Waals surface area contributed by atoms with E-state index in [0.29, 0.717) is 28.0 Å². The lowest BCUT2D eigenvalue weighted by Gasteiger charge is -2.22. The molecule has 3 aromatic carbocycles. The molecule has 0 aliphatic carbocycles.